The number of piperidine rings is 1. The van der Waals surface area contributed by atoms with Gasteiger partial charge in [0.2, 0.25) is 0 Å². The summed E-state index contributed by atoms with van der Waals surface area (Å²) in [5.41, 5.74) is 1.51. The summed E-state index contributed by atoms with van der Waals surface area (Å²) in [5.74, 6) is 0. The normalized spacial score (nSPS) is 26.5. The third-order valence-corrected chi connectivity index (χ3v) is 5.29. The van der Waals surface area contributed by atoms with E-state index >= 15 is 0 Å². The lowest BCUT2D eigenvalue weighted by atomic mass is 9.98. The highest BCUT2D eigenvalue weighted by molar-refractivity contribution is 5.84. The number of nitrogens with zero attached hydrogens (tertiary/aromatic N) is 1. The number of carbonyl (C=O) groups is 1. The van der Waals surface area contributed by atoms with Gasteiger partial charge in [-0.2, -0.15) is 0 Å². The summed E-state index contributed by atoms with van der Waals surface area (Å²) in [7, 11) is 2.27. The number of hydrogen-bond acceptors (Lipinski definition) is 4. The van der Waals surface area contributed by atoms with E-state index in [1.54, 1.807) is 0 Å². The van der Waals surface area contributed by atoms with Crippen molar-refractivity contribution in [2.45, 2.75) is 76.7 Å². The van der Waals surface area contributed by atoms with Crippen LogP contribution >= 0.6 is 0 Å². The molecule has 2 aliphatic rings. The van der Waals surface area contributed by atoms with E-state index in [0.29, 0.717) is 6.04 Å². The molecular weight excluding hydrogens is 314 g/mol. The average Bonchev–Trinajstić information content (AvgIpc) is 2.74. The van der Waals surface area contributed by atoms with E-state index in [-0.39, 0.29) is 0 Å². The third-order valence-electron chi connectivity index (χ3n) is 5.29. The molecule has 2 saturated heterocycles. The van der Waals surface area contributed by atoms with Crippen molar-refractivity contribution in [3.63, 3.8) is 0 Å². The van der Waals surface area contributed by atoms with Crippen molar-refractivity contribution in [2.24, 2.45) is 0 Å². The maximum atomic E-state index is 11.8. The molecule has 25 heavy (non-hydrogen) atoms. The first kappa shape index (κ1) is 18.2. The lowest BCUT2D eigenvalue weighted by Crippen LogP contribution is -2.46. The summed E-state index contributed by atoms with van der Waals surface area (Å²) >= 11 is 0. The van der Waals surface area contributed by atoms with Crippen LogP contribution in [0.4, 0.5) is 10.5 Å². The molecule has 2 heterocycles. The molecule has 0 aliphatic carbocycles. The Balaban J connectivity index is 1.46. The van der Waals surface area contributed by atoms with Crippen LogP contribution in [-0.2, 0) is 11.3 Å². The van der Waals surface area contributed by atoms with Crippen LogP contribution in [0.2, 0.25) is 0 Å². The van der Waals surface area contributed by atoms with E-state index in [2.05, 4.69) is 34.7 Å². The number of hydrogen-bond donors (Lipinski definition) is 2. The van der Waals surface area contributed by atoms with Crippen molar-refractivity contribution >= 4 is 11.8 Å². The summed E-state index contributed by atoms with van der Waals surface area (Å²) in [6.07, 6.45) is 4.80. The van der Waals surface area contributed by atoms with Gasteiger partial charge < -0.3 is 15.0 Å². The van der Waals surface area contributed by atoms with Crippen LogP contribution in [-0.4, -0.2) is 41.8 Å². The van der Waals surface area contributed by atoms with Crippen molar-refractivity contribution in [2.75, 3.05) is 12.4 Å². The van der Waals surface area contributed by atoms with Gasteiger partial charge >= 0.3 is 6.09 Å². The van der Waals surface area contributed by atoms with E-state index in [0.717, 1.165) is 24.3 Å². The number of rotatable bonds is 4. The minimum Gasteiger partial charge on any atom is -0.444 e. The molecule has 138 valence electrons. The molecule has 2 atom stereocenters. The van der Waals surface area contributed by atoms with Crippen molar-refractivity contribution in [3.05, 3.63) is 29.8 Å². The van der Waals surface area contributed by atoms with Gasteiger partial charge in [0.15, 0.2) is 0 Å². The maximum Gasteiger partial charge on any atom is 0.412 e. The molecule has 0 aromatic heterocycles. The average molecular weight is 345 g/mol. The molecule has 0 saturated carbocycles. The summed E-state index contributed by atoms with van der Waals surface area (Å²) in [6, 6.07) is 10.1. The number of carbonyl (C=O) groups excluding carboxylic acids is 1. The third kappa shape index (κ3) is 4.95. The van der Waals surface area contributed by atoms with Crippen molar-refractivity contribution in [1.29, 1.82) is 0 Å². The maximum absolute atomic E-state index is 11.8. The van der Waals surface area contributed by atoms with E-state index in [1.807, 2.05) is 32.9 Å². The molecule has 3 rings (SSSR count). The zero-order chi connectivity index (χ0) is 18.0. The number of nitrogens with one attached hydrogen (secondary N) is 2. The molecule has 2 bridgehead atoms. The first-order chi connectivity index (χ1) is 11.8. The van der Waals surface area contributed by atoms with Gasteiger partial charge in [0.05, 0.1) is 0 Å². The second-order valence-corrected chi connectivity index (χ2v) is 8.42. The second-order valence-electron chi connectivity index (χ2n) is 8.42. The molecule has 5 nitrogen and oxygen atoms in total. The fraction of sp³-hybridized carbons (Fsp3) is 0.650. The Bertz CT molecular complexity index is 580. The molecule has 5 heteroatoms. The molecule has 2 fully saturated rings. The highest BCUT2D eigenvalue weighted by atomic mass is 16.6. The van der Waals surface area contributed by atoms with Gasteiger partial charge in [-0.05, 0) is 71.2 Å². The highest BCUT2D eigenvalue weighted by Gasteiger charge is 2.37. The number of fused-ring (bicyclic) bond motifs is 2. The summed E-state index contributed by atoms with van der Waals surface area (Å²) in [4.78, 5) is 14.4. The van der Waals surface area contributed by atoms with Crippen LogP contribution < -0.4 is 10.6 Å². The Morgan fingerprint density at radius 3 is 2.32 bits per heavy atom. The zero-order valence-corrected chi connectivity index (χ0v) is 15.8. The Labute approximate surface area is 151 Å². The zero-order valence-electron chi connectivity index (χ0n) is 15.8. The number of anilines is 1. The quantitative estimate of drug-likeness (QED) is 0.873. The smallest absolute Gasteiger partial charge is 0.412 e. The van der Waals surface area contributed by atoms with Crippen molar-refractivity contribution < 1.29 is 9.53 Å². The van der Waals surface area contributed by atoms with Gasteiger partial charge in [-0.25, -0.2) is 4.79 Å². The first-order valence-corrected chi connectivity index (χ1v) is 9.34. The molecule has 1 amide bonds. The van der Waals surface area contributed by atoms with E-state index in [9.17, 15) is 4.79 Å². The lowest BCUT2D eigenvalue weighted by molar-refractivity contribution is 0.0636. The predicted molar refractivity (Wildman–Crippen MR) is 101 cm³/mol. The fourth-order valence-electron chi connectivity index (χ4n) is 3.97. The molecule has 1 aromatic rings. The Morgan fingerprint density at radius 1 is 1.16 bits per heavy atom. The summed E-state index contributed by atoms with van der Waals surface area (Å²) in [5, 5.41) is 6.48. The van der Waals surface area contributed by atoms with Gasteiger partial charge in [-0.3, -0.25) is 5.32 Å². The molecule has 2 unspecified atom stereocenters. The predicted octanol–water partition coefficient (Wildman–Crippen LogP) is 3.75. The monoisotopic (exact) mass is 345 g/mol. The standard InChI is InChI=1S/C20H31N3O2/c1-20(2,3)25-19(24)22-15-7-5-14(6-8-15)13-21-16-11-17-9-10-18(12-16)23(17)4/h5-8,16-18,21H,9-13H2,1-4H3,(H,22,24). The fourth-order valence-corrected chi connectivity index (χ4v) is 3.97. The van der Waals surface area contributed by atoms with Crippen molar-refractivity contribution in [3.8, 4) is 0 Å². The number of ether oxygens (including phenoxy) is 1. The SMILES string of the molecule is CN1C2CCC1CC(NCc1ccc(NC(=O)OC(C)(C)C)cc1)C2. The molecule has 0 radical (unpaired) electrons. The first-order valence-electron chi connectivity index (χ1n) is 9.34. The minimum atomic E-state index is -0.485. The molecular formula is C20H31N3O2. The van der Waals surface area contributed by atoms with E-state index in [1.165, 1.54) is 31.2 Å². The van der Waals surface area contributed by atoms with E-state index in [4.69, 9.17) is 4.74 Å². The Kier molecular flexibility index (Phi) is 5.35. The van der Waals surface area contributed by atoms with Crippen LogP contribution in [0.5, 0.6) is 0 Å². The molecule has 1 aromatic carbocycles. The van der Waals surface area contributed by atoms with Gasteiger partial charge in [0, 0.05) is 30.4 Å². The van der Waals surface area contributed by atoms with Gasteiger partial charge in [0.1, 0.15) is 5.60 Å². The van der Waals surface area contributed by atoms with Gasteiger partial charge in [0.25, 0.3) is 0 Å². The number of benzene rings is 1. The summed E-state index contributed by atoms with van der Waals surface area (Å²) < 4.78 is 5.27. The van der Waals surface area contributed by atoms with Gasteiger partial charge in [-0.1, -0.05) is 12.1 Å². The van der Waals surface area contributed by atoms with Crippen LogP contribution in [0.15, 0.2) is 24.3 Å². The van der Waals surface area contributed by atoms with Gasteiger partial charge in [-0.15, -0.1) is 0 Å². The van der Waals surface area contributed by atoms with E-state index < -0.39 is 11.7 Å². The topological polar surface area (TPSA) is 53.6 Å². The minimum absolute atomic E-state index is 0.417. The highest BCUT2D eigenvalue weighted by Crippen LogP contribution is 2.34. The largest absolute Gasteiger partial charge is 0.444 e. The number of amides is 1. The van der Waals surface area contributed by atoms with Crippen LogP contribution in [0.3, 0.4) is 0 Å². The van der Waals surface area contributed by atoms with Crippen LogP contribution in [0.25, 0.3) is 0 Å². The lowest BCUT2D eigenvalue weighted by Gasteiger charge is -2.36. The molecule has 0 spiro atoms. The summed E-state index contributed by atoms with van der Waals surface area (Å²) in [6.45, 7) is 6.45. The second kappa shape index (κ2) is 7.34. The van der Waals surface area contributed by atoms with Crippen LogP contribution in [0, 0.1) is 0 Å². The van der Waals surface area contributed by atoms with Crippen LogP contribution in [0.1, 0.15) is 52.0 Å². The molecule has 2 N–H and O–H groups in total. The Morgan fingerprint density at radius 2 is 1.76 bits per heavy atom. The molecule has 2 aliphatic heterocycles. The van der Waals surface area contributed by atoms with Crippen molar-refractivity contribution in [1.82, 2.24) is 10.2 Å². The Hall–Kier alpha value is -1.59.